The lowest BCUT2D eigenvalue weighted by Gasteiger charge is -2.38. The van der Waals surface area contributed by atoms with Crippen LogP contribution in [0, 0.1) is 35.3 Å². The highest BCUT2D eigenvalue weighted by molar-refractivity contribution is 5.87. The molecule has 0 heterocycles. The molecule has 0 saturated heterocycles. The molecule has 0 amide bonds. The lowest BCUT2D eigenvalue weighted by Crippen LogP contribution is -2.26. The number of benzene rings is 1. The summed E-state index contributed by atoms with van der Waals surface area (Å²) < 4.78 is 34.8. The van der Waals surface area contributed by atoms with Gasteiger partial charge in [-0.25, -0.2) is 13.6 Å². The third-order valence-corrected chi connectivity index (χ3v) is 9.18. The van der Waals surface area contributed by atoms with Crippen LogP contribution in [0.5, 0.6) is 0 Å². The van der Waals surface area contributed by atoms with E-state index in [4.69, 9.17) is 9.84 Å². The minimum Gasteiger partial charge on any atom is -0.462 e. The zero-order valence-corrected chi connectivity index (χ0v) is 23.2. The van der Waals surface area contributed by atoms with Crippen LogP contribution in [0.4, 0.5) is 8.78 Å². The average molecular weight is 535 g/mol. The lowest BCUT2D eigenvalue weighted by molar-refractivity contribution is -0.141. The van der Waals surface area contributed by atoms with Crippen LogP contribution in [-0.2, 0) is 16.0 Å². The second-order valence-electron chi connectivity index (χ2n) is 11.8. The minimum absolute atomic E-state index is 0.0243. The molecule has 214 valence electrons. The van der Waals surface area contributed by atoms with Gasteiger partial charge in [0.25, 0.3) is 0 Å². The van der Waals surface area contributed by atoms with Crippen molar-refractivity contribution in [1.82, 2.24) is 0 Å². The van der Waals surface area contributed by atoms with E-state index in [1.165, 1.54) is 25.7 Å². The number of carbonyl (C=O) groups is 1. The monoisotopic (exact) mass is 534 g/mol. The van der Waals surface area contributed by atoms with Crippen LogP contribution in [0.3, 0.4) is 0 Å². The SMILES string of the molecule is C=C(CO)C(=O)OCC(CO)CCC1CCC(C2CCC(c3ccc(CCCCC)c(F)c3F)CC2)CC1. The van der Waals surface area contributed by atoms with Gasteiger partial charge in [0.15, 0.2) is 11.6 Å². The van der Waals surface area contributed by atoms with E-state index in [0.717, 1.165) is 57.8 Å². The van der Waals surface area contributed by atoms with Gasteiger partial charge in [-0.05, 0) is 99.0 Å². The van der Waals surface area contributed by atoms with Gasteiger partial charge in [0.05, 0.1) is 18.8 Å². The highest BCUT2D eigenvalue weighted by atomic mass is 19.2. The van der Waals surface area contributed by atoms with E-state index >= 15 is 0 Å². The quantitative estimate of drug-likeness (QED) is 0.150. The fraction of sp³-hybridized carbons (Fsp3) is 0.719. The first-order valence-electron chi connectivity index (χ1n) is 14.9. The smallest absolute Gasteiger partial charge is 0.335 e. The van der Waals surface area contributed by atoms with Gasteiger partial charge in [0.1, 0.15) is 0 Å². The number of unbranched alkanes of at least 4 members (excludes halogenated alkanes) is 2. The summed E-state index contributed by atoms with van der Waals surface area (Å²) >= 11 is 0. The Kier molecular flexibility index (Phi) is 12.7. The third-order valence-electron chi connectivity index (χ3n) is 9.18. The number of esters is 1. The largest absolute Gasteiger partial charge is 0.462 e. The zero-order valence-electron chi connectivity index (χ0n) is 23.2. The van der Waals surface area contributed by atoms with Crippen molar-refractivity contribution in [3.05, 3.63) is 47.0 Å². The van der Waals surface area contributed by atoms with Gasteiger partial charge in [0.2, 0.25) is 0 Å². The highest BCUT2D eigenvalue weighted by Crippen LogP contribution is 2.45. The number of carbonyl (C=O) groups excluding carboxylic acids is 1. The van der Waals surface area contributed by atoms with Crippen LogP contribution >= 0.6 is 0 Å². The molecule has 2 aliphatic carbocycles. The molecule has 2 N–H and O–H groups in total. The maximum Gasteiger partial charge on any atom is 0.335 e. The van der Waals surface area contributed by atoms with Crippen molar-refractivity contribution in [3.63, 3.8) is 0 Å². The molecular weight excluding hydrogens is 486 g/mol. The maximum absolute atomic E-state index is 14.9. The van der Waals surface area contributed by atoms with E-state index in [1.54, 1.807) is 0 Å². The Hall–Kier alpha value is -1.79. The standard InChI is InChI=1S/C32H48F2O4/c1-3-4-5-6-28-17-18-29(31(34)30(28)33)27-15-13-26(14-16-27)25-11-9-23(10-12-25)7-8-24(20-36)21-38-32(37)22(2)19-35/h17-18,23-27,35-36H,2-16,19-21H2,1H3. The van der Waals surface area contributed by atoms with E-state index in [1.807, 2.05) is 12.1 Å². The molecule has 6 heteroatoms. The minimum atomic E-state index is -0.628. The molecule has 38 heavy (non-hydrogen) atoms. The third kappa shape index (κ3) is 8.61. The number of ether oxygens (including phenoxy) is 1. The van der Waals surface area contributed by atoms with Gasteiger partial charge in [-0.3, -0.25) is 0 Å². The zero-order chi connectivity index (χ0) is 27.5. The van der Waals surface area contributed by atoms with Crippen molar-refractivity contribution in [1.29, 1.82) is 0 Å². The molecule has 0 radical (unpaired) electrons. The number of aryl methyl sites for hydroxylation is 1. The topological polar surface area (TPSA) is 66.8 Å². The Morgan fingerprint density at radius 3 is 2.26 bits per heavy atom. The van der Waals surface area contributed by atoms with Crippen LogP contribution in [0.15, 0.2) is 24.3 Å². The van der Waals surface area contributed by atoms with Gasteiger partial charge >= 0.3 is 5.97 Å². The second kappa shape index (κ2) is 15.7. The van der Waals surface area contributed by atoms with Crippen molar-refractivity contribution in [2.45, 2.75) is 103 Å². The molecule has 4 nitrogen and oxygen atoms in total. The molecule has 1 unspecified atom stereocenters. The Bertz CT molecular complexity index is 886. The van der Waals surface area contributed by atoms with Gasteiger partial charge in [-0.2, -0.15) is 0 Å². The average Bonchev–Trinajstić information content (AvgIpc) is 2.95. The van der Waals surface area contributed by atoms with E-state index in [2.05, 4.69) is 13.5 Å². The van der Waals surface area contributed by atoms with Crippen molar-refractivity contribution in [3.8, 4) is 0 Å². The van der Waals surface area contributed by atoms with Crippen molar-refractivity contribution in [2.24, 2.45) is 23.7 Å². The molecule has 1 aromatic rings. The Labute approximate surface area is 227 Å². The first-order valence-corrected chi connectivity index (χ1v) is 14.9. The second-order valence-corrected chi connectivity index (χ2v) is 11.8. The van der Waals surface area contributed by atoms with Crippen molar-refractivity contribution >= 4 is 5.97 Å². The van der Waals surface area contributed by atoms with Gasteiger partial charge in [0, 0.05) is 12.5 Å². The summed E-state index contributed by atoms with van der Waals surface area (Å²) in [4.78, 5) is 11.7. The molecule has 3 rings (SSSR count). The molecule has 2 saturated carbocycles. The summed E-state index contributed by atoms with van der Waals surface area (Å²) in [6, 6.07) is 3.66. The normalized spacial score (nSPS) is 24.7. The Morgan fingerprint density at radius 2 is 1.66 bits per heavy atom. The Balaban J connectivity index is 1.39. The predicted molar refractivity (Wildman–Crippen MR) is 147 cm³/mol. The predicted octanol–water partition coefficient (Wildman–Crippen LogP) is 7.26. The van der Waals surface area contributed by atoms with Crippen LogP contribution in [0.1, 0.15) is 107 Å². The summed E-state index contributed by atoms with van der Waals surface area (Å²) in [5.41, 5.74) is 1.12. The van der Waals surface area contributed by atoms with Crippen LogP contribution < -0.4 is 0 Å². The van der Waals surface area contributed by atoms with E-state index < -0.39 is 24.2 Å². The number of aliphatic hydroxyl groups is 2. The Morgan fingerprint density at radius 1 is 1.00 bits per heavy atom. The van der Waals surface area contributed by atoms with Crippen molar-refractivity contribution < 1.29 is 28.5 Å². The van der Waals surface area contributed by atoms with Gasteiger partial charge in [-0.1, -0.05) is 51.3 Å². The molecular formula is C32H48F2O4. The molecule has 0 aromatic heterocycles. The molecule has 0 aliphatic heterocycles. The van der Waals surface area contributed by atoms with E-state index in [-0.39, 0.29) is 30.6 Å². The van der Waals surface area contributed by atoms with E-state index in [0.29, 0.717) is 35.3 Å². The summed E-state index contributed by atoms with van der Waals surface area (Å²) in [6.07, 6.45) is 14.3. The summed E-state index contributed by atoms with van der Waals surface area (Å²) in [7, 11) is 0. The molecule has 0 spiro atoms. The fourth-order valence-electron chi connectivity index (χ4n) is 6.59. The maximum atomic E-state index is 14.9. The molecule has 1 aromatic carbocycles. The summed E-state index contributed by atoms with van der Waals surface area (Å²) in [5, 5.41) is 18.6. The summed E-state index contributed by atoms with van der Waals surface area (Å²) in [6.45, 7) is 5.28. The lowest BCUT2D eigenvalue weighted by atomic mass is 9.67. The molecule has 0 bridgehead atoms. The number of aliphatic hydroxyl groups excluding tert-OH is 2. The van der Waals surface area contributed by atoms with Gasteiger partial charge in [-0.15, -0.1) is 0 Å². The number of rotatable bonds is 14. The number of hydrogen-bond acceptors (Lipinski definition) is 4. The molecule has 2 aliphatic rings. The first-order chi connectivity index (χ1) is 18.4. The van der Waals surface area contributed by atoms with E-state index in [9.17, 15) is 18.7 Å². The van der Waals surface area contributed by atoms with Crippen LogP contribution in [-0.4, -0.2) is 36.0 Å². The number of halogens is 2. The fourth-order valence-corrected chi connectivity index (χ4v) is 6.59. The number of hydrogen-bond donors (Lipinski definition) is 2. The first kappa shape index (κ1) is 30.7. The summed E-state index contributed by atoms with van der Waals surface area (Å²) in [5.74, 6) is 0.219. The van der Waals surface area contributed by atoms with Crippen LogP contribution in [0.2, 0.25) is 0 Å². The highest BCUT2D eigenvalue weighted by Gasteiger charge is 2.32. The molecule has 1 atom stereocenters. The van der Waals surface area contributed by atoms with Crippen LogP contribution in [0.25, 0.3) is 0 Å². The molecule has 2 fully saturated rings. The van der Waals surface area contributed by atoms with Crippen molar-refractivity contribution in [2.75, 3.05) is 19.8 Å². The van der Waals surface area contributed by atoms with Gasteiger partial charge < -0.3 is 14.9 Å².